The van der Waals surface area contributed by atoms with Crippen LogP contribution in [0.2, 0.25) is 0 Å². The van der Waals surface area contributed by atoms with Gasteiger partial charge in [0.15, 0.2) is 0 Å². The first-order valence-electron chi connectivity index (χ1n) is 12.7. The topological polar surface area (TPSA) is 105 Å². The number of nitrogens with zero attached hydrogens (tertiary/aromatic N) is 1. The number of carbonyl (C=O) groups excluding carboxylic acids is 2. The van der Waals surface area contributed by atoms with E-state index in [1.807, 2.05) is 35.2 Å². The third-order valence-corrected chi connectivity index (χ3v) is 8.58. The molecule has 4 rings (SSSR count). The Kier molecular flexibility index (Phi) is 8.31. The number of rotatable bonds is 9. The summed E-state index contributed by atoms with van der Waals surface area (Å²) in [5.74, 6) is -0.674. The van der Waals surface area contributed by atoms with E-state index in [2.05, 4.69) is 10.0 Å². The van der Waals surface area contributed by atoms with E-state index in [1.54, 1.807) is 26.0 Å². The number of nitrogens with one attached hydrogen (secondary N) is 2. The zero-order valence-corrected chi connectivity index (χ0v) is 21.7. The monoisotopic (exact) mass is 513 g/mol. The second kappa shape index (κ2) is 11.4. The predicted molar refractivity (Wildman–Crippen MR) is 139 cm³/mol. The maximum absolute atomic E-state index is 13.7. The standard InChI is InChI=1S/C27H35N3O5S/c1-3-35-27(32)22-13-8-16-30(18-22)24-15-14-23(28-26(31)21-11-7-12-21)17-25(24)36(33,34)29-19(2)20-9-5-4-6-10-20/h4-6,9-10,14-15,17,19,21-22,29H,3,7-8,11-13,16,18H2,1-2H3,(H,28,31)/t19-,22+/m1/s1. The largest absolute Gasteiger partial charge is 0.466 e. The number of amides is 1. The number of carbonyl (C=O) groups is 2. The summed E-state index contributed by atoms with van der Waals surface area (Å²) in [4.78, 5) is 27.0. The Hall–Kier alpha value is -2.91. The lowest BCUT2D eigenvalue weighted by Gasteiger charge is -2.34. The van der Waals surface area contributed by atoms with Crippen LogP contribution in [0.5, 0.6) is 0 Å². The van der Waals surface area contributed by atoms with Gasteiger partial charge in [-0.1, -0.05) is 36.8 Å². The third kappa shape index (κ3) is 6.07. The molecule has 2 aromatic rings. The molecule has 2 aliphatic rings. The molecule has 194 valence electrons. The zero-order chi connectivity index (χ0) is 25.7. The van der Waals surface area contributed by atoms with Crippen molar-refractivity contribution in [2.24, 2.45) is 11.8 Å². The van der Waals surface area contributed by atoms with Crippen molar-refractivity contribution in [3.63, 3.8) is 0 Å². The lowest BCUT2D eigenvalue weighted by molar-refractivity contribution is -0.148. The Bertz CT molecular complexity index is 1180. The van der Waals surface area contributed by atoms with Gasteiger partial charge in [-0.15, -0.1) is 0 Å². The van der Waals surface area contributed by atoms with Gasteiger partial charge in [0, 0.05) is 30.7 Å². The number of hydrogen-bond donors (Lipinski definition) is 2. The van der Waals surface area contributed by atoms with Gasteiger partial charge in [-0.05, 0) is 63.3 Å². The molecule has 0 bridgehead atoms. The maximum atomic E-state index is 13.7. The smallest absolute Gasteiger partial charge is 0.310 e. The van der Waals surface area contributed by atoms with Crippen LogP contribution >= 0.6 is 0 Å². The minimum absolute atomic E-state index is 0.0200. The molecule has 36 heavy (non-hydrogen) atoms. The van der Waals surface area contributed by atoms with Crippen LogP contribution in [0.3, 0.4) is 0 Å². The van der Waals surface area contributed by atoms with Crippen LogP contribution in [0.15, 0.2) is 53.4 Å². The van der Waals surface area contributed by atoms with E-state index in [0.29, 0.717) is 37.5 Å². The summed E-state index contributed by atoms with van der Waals surface area (Å²) >= 11 is 0. The number of esters is 1. The highest BCUT2D eigenvalue weighted by Crippen LogP contribution is 2.34. The minimum Gasteiger partial charge on any atom is -0.466 e. The number of sulfonamides is 1. The lowest BCUT2D eigenvalue weighted by atomic mass is 9.85. The first-order valence-corrected chi connectivity index (χ1v) is 14.2. The fourth-order valence-electron chi connectivity index (χ4n) is 4.74. The van der Waals surface area contributed by atoms with Crippen LogP contribution < -0.4 is 14.9 Å². The molecule has 2 atom stereocenters. The van der Waals surface area contributed by atoms with Crippen molar-refractivity contribution < 1.29 is 22.7 Å². The number of anilines is 2. The van der Waals surface area contributed by atoms with Crippen molar-refractivity contribution in [3.8, 4) is 0 Å². The fraction of sp³-hybridized carbons (Fsp3) is 0.481. The zero-order valence-electron chi connectivity index (χ0n) is 20.9. The molecule has 2 fully saturated rings. The predicted octanol–water partition coefficient (Wildman–Crippen LogP) is 4.24. The van der Waals surface area contributed by atoms with Crippen molar-refractivity contribution in [3.05, 3.63) is 54.1 Å². The van der Waals surface area contributed by atoms with Crippen LogP contribution in [-0.4, -0.2) is 40.0 Å². The Morgan fingerprint density at radius 2 is 1.78 bits per heavy atom. The summed E-state index contributed by atoms with van der Waals surface area (Å²) in [6.45, 7) is 4.89. The molecule has 1 aliphatic carbocycles. The molecule has 0 spiro atoms. The van der Waals surface area contributed by atoms with Gasteiger partial charge in [-0.25, -0.2) is 13.1 Å². The second-order valence-electron chi connectivity index (χ2n) is 9.59. The molecule has 0 radical (unpaired) electrons. The van der Waals surface area contributed by atoms with Crippen LogP contribution in [-0.2, 0) is 24.3 Å². The number of piperidine rings is 1. The van der Waals surface area contributed by atoms with Gasteiger partial charge < -0.3 is 15.0 Å². The molecule has 0 aromatic heterocycles. The molecule has 0 unspecified atom stereocenters. The molecule has 1 heterocycles. The summed E-state index contributed by atoms with van der Waals surface area (Å²) in [5.41, 5.74) is 1.80. The number of hydrogen-bond acceptors (Lipinski definition) is 6. The molecule has 1 saturated carbocycles. The molecule has 8 nitrogen and oxygen atoms in total. The molecule has 2 aromatic carbocycles. The summed E-state index contributed by atoms with van der Waals surface area (Å²) in [6.07, 6.45) is 4.20. The van der Waals surface area contributed by atoms with Gasteiger partial charge in [0.05, 0.1) is 18.2 Å². The van der Waals surface area contributed by atoms with Crippen LogP contribution in [0.4, 0.5) is 11.4 Å². The van der Waals surface area contributed by atoms with Crippen molar-refractivity contribution in [2.75, 3.05) is 29.9 Å². The van der Waals surface area contributed by atoms with E-state index in [1.165, 1.54) is 6.07 Å². The van der Waals surface area contributed by atoms with E-state index in [9.17, 15) is 18.0 Å². The summed E-state index contributed by atoms with van der Waals surface area (Å²) < 4.78 is 35.4. The molecular weight excluding hydrogens is 478 g/mol. The van der Waals surface area contributed by atoms with Crippen molar-refractivity contribution in [2.45, 2.75) is 56.9 Å². The molecule has 1 saturated heterocycles. The van der Waals surface area contributed by atoms with E-state index in [4.69, 9.17) is 4.74 Å². The maximum Gasteiger partial charge on any atom is 0.310 e. The highest BCUT2D eigenvalue weighted by atomic mass is 32.2. The van der Waals surface area contributed by atoms with Gasteiger partial charge in [-0.3, -0.25) is 9.59 Å². The normalized spacial score (nSPS) is 19.3. The molecular formula is C27H35N3O5S. The van der Waals surface area contributed by atoms with Crippen LogP contribution in [0, 0.1) is 11.8 Å². The molecule has 1 aliphatic heterocycles. The minimum atomic E-state index is -3.96. The van der Waals surface area contributed by atoms with E-state index >= 15 is 0 Å². The van der Waals surface area contributed by atoms with Gasteiger partial charge in [0.1, 0.15) is 4.90 Å². The first kappa shape index (κ1) is 26.2. The Balaban J connectivity index is 1.64. The fourth-order valence-corrected chi connectivity index (χ4v) is 6.22. The van der Waals surface area contributed by atoms with Gasteiger partial charge in [0.25, 0.3) is 0 Å². The van der Waals surface area contributed by atoms with E-state index in [-0.39, 0.29) is 28.6 Å². The van der Waals surface area contributed by atoms with Crippen molar-refractivity contribution in [1.29, 1.82) is 0 Å². The van der Waals surface area contributed by atoms with Gasteiger partial charge in [-0.2, -0.15) is 0 Å². The summed E-state index contributed by atoms with van der Waals surface area (Å²) in [6, 6.07) is 13.9. The third-order valence-electron chi connectivity index (χ3n) is 7.01. The molecule has 1 amide bonds. The average Bonchev–Trinajstić information content (AvgIpc) is 2.83. The van der Waals surface area contributed by atoms with Gasteiger partial charge in [0.2, 0.25) is 15.9 Å². The Morgan fingerprint density at radius 1 is 1.06 bits per heavy atom. The average molecular weight is 514 g/mol. The van der Waals surface area contributed by atoms with Crippen molar-refractivity contribution >= 4 is 33.3 Å². The van der Waals surface area contributed by atoms with Crippen LogP contribution in [0.25, 0.3) is 0 Å². The SMILES string of the molecule is CCOC(=O)[C@H]1CCCN(c2ccc(NC(=O)C3CCC3)cc2S(=O)(=O)N[C@H](C)c2ccccc2)C1. The van der Waals surface area contributed by atoms with Gasteiger partial charge >= 0.3 is 5.97 Å². The quantitative estimate of drug-likeness (QED) is 0.486. The summed E-state index contributed by atoms with van der Waals surface area (Å²) in [7, 11) is -3.96. The van der Waals surface area contributed by atoms with Crippen LogP contribution in [0.1, 0.15) is 57.6 Å². The highest BCUT2D eigenvalue weighted by molar-refractivity contribution is 7.89. The molecule has 2 N–H and O–H groups in total. The number of ether oxygens (including phenoxy) is 1. The second-order valence-corrected chi connectivity index (χ2v) is 11.3. The Labute approximate surface area is 213 Å². The first-order chi connectivity index (χ1) is 17.3. The van der Waals surface area contributed by atoms with E-state index < -0.39 is 16.1 Å². The Morgan fingerprint density at radius 3 is 2.44 bits per heavy atom. The number of benzene rings is 2. The summed E-state index contributed by atoms with van der Waals surface area (Å²) in [5, 5.41) is 2.89. The van der Waals surface area contributed by atoms with E-state index in [0.717, 1.165) is 31.2 Å². The molecule has 9 heteroatoms. The van der Waals surface area contributed by atoms with Crippen molar-refractivity contribution in [1.82, 2.24) is 4.72 Å². The highest BCUT2D eigenvalue weighted by Gasteiger charge is 2.32. The lowest BCUT2D eigenvalue weighted by Crippen LogP contribution is -2.40.